The molecule has 2 aliphatic heterocycles. The maximum absolute atomic E-state index is 13.3. The summed E-state index contributed by atoms with van der Waals surface area (Å²) >= 11 is 6.21. The van der Waals surface area contributed by atoms with Crippen LogP contribution in [0.15, 0.2) is 22.8 Å². The first-order valence-electron chi connectivity index (χ1n) is 14.3. The fourth-order valence-electron chi connectivity index (χ4n) is 5.62. The van der Waals surface area contributed by atoms with Crippen molar-refractivity contribution in [2.45, 2.75) is 83.8 Å². The van der Waals surface area contributed by atoms with E-state index < -0.39 is 41.5 Å². The van der Waals surface area contributed by atoms with Gasteiger partial charge >= 0.3 is 12.1 Å². The number of carbonyl (C=O) groups is 5. The number of likely N-dealkylation sites (tertiary alicyclic amines) is 1. The Hall–Kier alpha value is -3.08. The third kappa shape index (κ3) is 8.95. The number of rotatable bonds is 10. The molecule has 228 valence electrons. The zero-order valence-electron chi connectivity index (χ0n) is 24.6. The first kappa shape index (κ1) is 32.4. The second-order valence-electron chi connectivity index (χ2n) is 11.8. The molecule has 0 aromatic heterocycles. The van der Waals surface area contributed by atoms with Gasteiger partial charge in [0.25, 0.3) is 0 Å². The minimum atomic E-state index is -1.08. The molecule has 4 amide bonds. The van der Waals surface area contributed by atoms with Crippen LogP contribution >= 0.6 is 11.6 Å². The Morgan fingerprint density at radius 3 is 2.44 bits per heavy atom. The molecule has 12 heteroatoms. The summed E-state index contributed by atoms with van der Waals surface area (Å²) in [5.41, 5.74) is 0.341. The number of hydrogen-bond donors (Lipinski definition) is 3. The van der Waals surface area contributed by atoms with Crippen molar-refractivity contribution in [2.24, 2.45) is 17.8 Å². The van der Waals surface area contributed by atoms with Crippen LogP contribution in [0.4, 0.5) is 4.79 Å². The van der Waals surface area contributed by atoms with Crippen LogP contribution in [0.5, 0.6) is 0 Å². The lowest BCUT2D eigenvalue weighted by Crippen LogP contribution is -2.53. The molecule has 4 atom stereocenters. The highest BCUT2D eigenvalue weighted by Crippen LogP contribution is 2.36. The maximum Gasteiger partial charge on any atom is 0.408 e. The molecular weight excluding hydrogens is 552 g/mol. The van der Waals surface area contributed by atoms with Gasteiger partial charge in [-0.1, -0.05) is 38.4 Å². The molecule has 2 fully saturated rings. The lowest BCUT2D eigenvalue weighted by Gasteiger charge is -2.39. The van der Waals surface area contributed by atoms with E-state index in [-0.39, 0.29) is 36.7 Å². The van der Waals surface area contributed by atoms with Crippen LogP contribution in [0.25, 0.3) is 0 Å². The minimum absolute atomic E-state index is 0.00424. The molecule has 3 aliphatic rings. The summed E-state index contributed by atoms with van der Waals surface area (Å²) in [6.07, 6.45) is 5.83. The summed E-state index contributed by atoms with van der Waals surface area (Å²) < 4.78 is 10.3. The van der Waals surface area contributed by atoms with Gasteiger partial charge < -0.3 is 30.3 Å². The highest BCUT2D eigenvalue weighted by molar-refractivity contribution is 6.30. The molecule has 3 rings (SSSR count). The van der Waals surface area contributed by atoms with E-state index in [0.29, 0.717) is 43.8 Å². The summed E-state index contributed by atoms with van der Waals surface area (Å²) in [7, 11) is 1.22. The van der Waals surface area contributed by atoms with E-state index in [1.54, 1.807) is 11.0 Å². The van der Waals surface area contributed by atoms with Crippen LogP contribution in [0.1, 0.15) is 66.2 Å². The molecule has 0 aromatic rings. The van der Waals surface area contributed by atoms with Gasteiger partial charge in [-0.15, -0.1) is 0 Å². The average molecular weight is 595 g/mol. The molecule has 1 spiro atoms. The van der Waals surface area contributed by atoms with Crippen molar-refractivity contribution in [2.75, 3.05) is 26.8 Å². The number of halogens is 1. The Morgan fingerprint density at radius 2 is 1.85 bits per heavy atom. The zero-order chi connectivity index (χ0) is 30.3. The summed E-state index contributed by atoms with van der Waals surface area (Å²) in [5.74, 6) is -1.68. The smallest absolute Gasteiger partial charge is 0.408 e. The molecule has 11 nitrogen and oxygen atoms in total. The largest absolute Gasteiger partial charge is 0.467 e. The van der Waals surface area contributed by atoms with Gasteiger partial charge in [-0.05, 0) is 62.0 Å². The number of carbonyl (C=O) groups excluding carboxylic acids is 5. The SMILES string of the molecule is COC(=O)C(CC1CC2(CCN(C(C)=O)CC2)NC1=O)NC(=O)[C@H](CC(C)C)NC(=O)OCC1=CCC(C)C(Cl)=C1. The lowest BCUT2D eigenvalue weighted by atomic mass is 9.82. The monoisotopic (exact) mass is 594 g/mol. The van der Waals surface area contributed by atoms with Gasteiger partial charge in [0.05, 0.1) is 7.11 Å². The van der Waals surface area contributed by atoms with Gasteiger partial charge in [0.2, 0.25) is 17.7 Å². The molecule has 3 N–H and O–H groups in total. The predicted molar refractivity (Wildman–Crippen MR) is 153 cm³/mol. The number of nitrogens with one attached hydrogen (secondary N) is 3. The van der Waals surface area contributed by atoms with E-state index in [2.05, 4.69) is 16.0 Å². The van der Waals surface area contributed by atoms with Crippen LogP contribution in [-0.4, -0.2) is 79.1 Å². The third-order valence-corrected chi connectivity index (χ3v) is 8.58. The Balaban J connectivity index is 1.61. The van der Waals surface area contributed by atoms with Crippen LogP contribution in [0.3, 0.4) is 0 Å². The van der Waals surface area contributed by atoms with E-state index in [1.165, 1.54) is 14.0 Å². The van der Waals surface area contributed by atoms with E-state index in [4.69, 9.17) is 21.1 Å². The maximum atomic E-state index is 13.3. The first-order valence-corrected chi connectivity index (χ1v) is 14.7. The molecule has 0 radical (unpaired) electrons. The minimum Gasteiger partial charge on any atom is -0.467 e. The number of methoxy groups -OCH3 is 1. The molecule has 0 aromatic carbocycles. The van der Waals surface area contributed by atoms with Crippen LogP contribution < -0.4 is 16.0 Å². The van der Waals surface area contributed by atoms with Gasteiger partial charge in [0, 0.05) is 36.5 Å². The fourth-order valence-corrected chi connectivity index (χ4v) is 5.85. The number of piperidine rings is 1. The van der Waals surface area contributed by atoms with Crippen LogP contribution in [0.2, 0.25) is 0 Å². The highest BCUT2D eigenvalue weighted by atomic mass is 35.5. The Morgan fingerprint density at radius 1 is 1.17 bits per heavy atom. The van der Waals surface area contributed by atoms with Gasteiger partial charge in [-0.3, -0.25) is 14.4 Å². The molecule has 0 bridgehead atoms. The normalized spacial score (nSPS) is 23.2. The second-order valence-corrected chi connectivity index (χ2v) is 12.3. The molecule has 2 saturated heterocycles. The summed E-state index contributed by atoms with van der Waals surface area (Å²) in [6, 6.07) is -2.04. The molecule has 41 heavy (non-hydrogen) atoms. The first-order chi connectivity index (χ1) is 19.3. The summed E-state index contributed by atoms with van der Waals surface area (Å²) in [5, 5.41) is 9.09. The molecule has 1 aliphatic carbocycles. The molecule has 2 heterocycles. The standard InChI is InChI=1S/C29H43ClN4O7/c1-17(2)12-23(32-28(39)41-16-20-7-6-18(3)22(30)13-20)26(37)31-24(27(38)40-5)14-21-15-29(33-25(21)36)8-10-34(11-9-29)19(4)35/h7,13,17-18,21,23-24H,6,8-12,14-16H2,1-5H3,(H,31,37)(H,32,39)(H,33,36)/t18?,21?,23-,24?/m0/s1. The van der Waals surface area contributed by atoms with E-state index >= 15 is 0 Å². The van der Waals surface area contributed by atoms with Crippen molar-refractivity contribution in [3.8, 4) is 0 Å². The Bertz CT molecular complexity index is 1080. The van der Waals surface area contributed by atoms with Gasteiger partial charge in [0.1, 0.15) is 18.7 Å². The van der Waals surface area contributed by atoms with Crippen molar-refractivity contribution in [1.29, 1.82) is 0 Å². The summed E-state index contributed by atoms with van der Waals surface area (Å²) in [4.78, 5) is 65.0. The van der Waals surface area contributed by atoms with E-state index in [0.717, 1.165) is 12.0 Å². The lowest BCUT2D eigenvalue weighted by molar-refractivity contribution is -0.146. The number of nitrogens with zero attached hydrogens (tertiary/aromatic N) is 1. The zero-order valence-corrected chi connectivity index (χ0v) is 25.3. The van der Waals surface area contributed by atoms with Gasteiger partial charge in [-0.25, -0.2) is 9.59 Å². The average Bonchev–Trinajstić information content (AvgIpc) is 3.21. The van der Waals surface area contributed by atoms with Crippen molar-refractivity contribution in [1.82, 2.24) is 20.9 Å². The number of amides is 4. The number of alkyl carbamates (subject to hydrolysis) is 1. The van der Waals surface area contributed by atoms with Gasteiger partial charge in [-0.2, -0.15) is 0 Å². The van der Waals surface area contributed by atoms with E-state index in [1.807, 2.05) is 26.8 Å². The third-order valence-electron chi connectivity index (χ3n) is 8.10. The fraction of sp³-hybridized carbons (Fsp3) is 0.690. The topological polar surface area (TPSA) is 143 Å². The van der Waals surface area contributed by atoms with Crippen molar-refractivity contribution >= 4 is 41.4 Å². The molecular formula is C29H43ClN4O7. The Kier molecular flexibility index (Phi) is 11.2. The van der Waals surface area contributed by atoms with Gasteiger partial charge in [0.15, 0.2) is 0 Å². The number of hydrogen-bond acceptors (Lipinski definition) is 7. The highest BCUT2D eigenvalue weighted by Gasteiger charge is 2.47. The molecule has 3 unspecified atom stereocenters. The van der Waals surface area contributed by atoms with Crippen molar-refractivity contribution in [3.05, 3.63) is 22.8 Å². The Labute approximate surface area is 246 Å². The van der Waals surface area contributed by atoms with Crippen molar-refractivity contribution < 1.29 is 33.4 Å². The molecule has 0 saturated carbocycles. The quantitative estimate of drug-likeness (QED) is 0.330. The van der Waals surface area contributed by atoms with E-state index in [9.17, 15) is 24.0 Å². The predicted octanol–water partition coefficient (Wildman–Crippen LogP) is 2.78. The summed E-state index contributed by atoms with van der Waals surface area (Å²) in [6.45, 7) is 8.47. The second kappa shape index (κ2) is 14.2. The van der Waals surface area contributed by atoms with Crippen LogP contribution in [0, 0.1) is 17.8 Å². The van der Waals surface area contributed by atoms with Crippen molar-refractivity contribution in [3.63, 3.8) is 0 Å². The van der Waals surface area contributed by atoms with Crippen LogP contribution in [-0.2, 0) is 28.7 Å². The number of allylic oxidation sites excluding steroid dienone is 2. The number of ether oxygens (including phenoxy) is 2. The number of esters is 1.